The van der Waals surface area contributed by atoms with Crippen LogP contribution < -0.4 is 10.6 Å². The first kappa shape index (κ1) is 26.0. The highest BCUT2D eigenvalue weighted by atomic mass is 19.4. The number of hydrogen-bond acceptors (Lipinski definition) is 4. The number of nitrogens with one attached hydrogen (secondary N) is 2. The van der Waals surface area contributed by atoms with Gasteiger partial charge in [-0.25, -0.2) is 0 Å². The van der Waals surface area contributed by atoms with Gasteiger partial charge in [-0.15, -0.1) is 6.42 Å². The molecule has 5 nitrogen and oxygen atoms in total. The first-order chi connectivity index (χ1) is 16.7. The fourth-order valence-corrected chi connectivity index (χ4v) is 3.64. The Bertz CT molecular complexity index is 1190. The number of amides is 1. The Morgan fingerprint density at radius 1 is 1.11 bits per heavy atom. The number of hydrogen-bond donors (Lipinski definition) is 2. The quantitative estimate of drug-likeness (QED) is 0.486. The summed E-state index contributed by atoms with van der Waals surface area (Å²) in [4.78, 5) is 26.0. The molecule has 2 N–H and O–H groups in total. The van der Waals surface area contributed by atoms with Gasteiger partial charge in [0, 0.05) is 61.4 Å². The van der Waals surface area contributed by atoms with Crippen LogP contribution >= 0.6 is 0 Å². The summed E-state index contributed by atoms with van der Waals surface area (Å²) in [6.07, 6.45) is 1.92. The van der Waals surface area contributed by atoms with Gasteiger partial charge in [-0.3, -0.25) is 9.59 Å². The second-order valence-electron chi connectivity index (χ2n) is 8.25. The Morgan fingerprint density at radius 2 is 1.86 bits per heavy atom. The highest BCUT2D eigenvalue weighted by molar-refractivity contribution is 6.04. The predicted molar refractivity (Wildman–Crippen MR) is 129 cm³/mol. The summed E-state index contributed by atoms with van der Waals surface area (Å²) in [5.41, 5.74) is 0.533. The largest absolute Gasteiger partial charge is 0.417 e. The molecule has 1 aliphatic rings. The molecule has 1 amide bonds. The maximum atomic E-state index is 13.6. The maximum absolute atomic E-state index is 13.6. The first-order valence-electron chi connectivity index (χ1n) is 11.2. The van der Waals surface area contributed by atoms with Crippen molar-refractivity contribution < 1.29 is 22.8 Å². The molecule has 0 aromatic heterocycles. The van der Waals surface area contributed by atoms with E-state index < -0.39 is 17.6 Å². The topological polar surface area (TPSA) is 61.4 Å². The molecule has 0 radical (unpaired) electrons. The highest BCUT2D eigenvalue weighted by Gasteiger charge is 2.33. The van der Waals surface area contributed by atoms with Crippen molar-refractivity contribution in [2.24, 2.45) is 0 Å². The molecule has 2 aromatic rings. The van der Waals surface area contributed by atoms with Crippen LogP contribution in [0.15, 0.2) is 36.4 Å². The van der Waals surface area contributed by atoms with Gasteiger partial charge in [0.2, 0.25) is 0 Å². The Kier molecular flexibility index (Phi) is 8.70. The number of piperidine rings is 1. The molecule has 0 bridgehead atoms. The van der Waals surface area contributed by atoms with Crippen LogP contribution in [0, 0.1) is 31.1 Å². The standard InChI is InChI=1S/C27H26F3N3O2/c1-3-20-17-22(7-6-19(20)2)26(35)32-23-9-8-21(25(18-23)27(28,29)30)5-4-12-31-13-16-33-14-10-24(34)11-15-33/h1,6-9,17-18,31H,10-16H2,2H3,(H,32,35). The lowest BCUT2D eigenvalue weighted by Crippen LogP contribution is -2.38. The van der Waals surface area contributed by atoms with E-state index in [0.29, 0.717) is 24.9 Å². The third kappa shape index (κ3) is 7.45. The number of nitrogens with zero attached hydrogens (tertiary/aromatic N) is 1. The van der Waals surface area contributed by atoms with Crippen LogP contribution in [-0.4, -0.2) is 49.3 Å². The van der Waals surface area contributed by atoms with Crippen molar-refractivity contribution in [3.8, 4) is 24.2 Å². The van der Waals surface area contributed by atoms with Crippen LogP contribution in [0.2, 0.25) is 0 Å². The number of aryl methyl sites for hydroxylation is 1. The zero-order valence-electron chi connectivity index (χ0n) is 19.4. The van der Waals surface area contributed by atoms with E-state index in [0.717, 1.165) is 31.3 Å². The Morgan fingerprint density at radius 3 is 2.54 bits per heavy atom. The number of terminal acetylenes is 1. The molecule has 182 valence electrons. The minimum atomic E-state index is -4.63. The van der Waals surface area contributed by atoms with Crippen molar-refractivity contribution in [2.45, 2.75) is 25.9 Å². The van der Waals surface area contributed by atoms with Crippen LogP contribution in [0.4, 0.5) is 18.9 Å². The summed E-state index contributed by atoms with van der Waals surface area (Å²) in [5, 5.41) is 5.58. The van der Waals surface area contributed by atoms with E-state index in [1.807, 2.05) is 0 Å². The van der Waals surface area contributed by atoms with Gasteiger partial charge in [-0.2, -0.15) is 13.2 Å². The molecule has 0 unspecified atom stereocenters. The van der Waals surface area contributed by atoms with Crippen LogP contribution in [0.1, 0.15) is 45.5 Å². The highest BCUT2D eigenvalue weighted by Crippen LogP contribution is 2.33. The lowest BCUT2D eigenvalue weighted by molar-refractivity contribution is -0.137. The van der Waals surface area contributed by atoms with Crippen molar-refractivity contribution >= 4 is 17.4 Å². The molecule has 1 fully saturated rings. The number of anilines is 1. The number of alkyl halides is 3. The van der Waals surface area contributed by atoms with Gasteiger partial charge >= 0.3 is 6.18 Å². The number of Topliss-reactive ketones (excluding diaryl/α,β-unsaturated/α-hetero) is 1. The summed E-state index contributed by atoms with van der Waals surface area (Å²) in [7, 11) is 0. The SMILES string of the molecule is C#Cc1cc(C(=O)Nc2ccc(C#CCNCCN3CCC(=O)CC3)c(C(F)(F)F)c2)ccc1C. The minimum absolute atomic E-state index is 0.00819. The zero-order valence-corrected chi connectivity index (χ0v) is 19.4. The molecular weight excluding hydrogens is 455 g/mol. The second-order valence-corrected chi connectivity index (χ2v) is 8.25. The van der Waals surface area contributed by atoms with Gasteiger partial charge in [-0.05, 0) is 42.8 Å². The molecule has 1 saturated heterocycles. The van der Waals surface area contributed by atoms with E-state index in [1.54, 1.807) is 19.1 Å². The van der Waals surface area contributed by atoms with Crippen molar-refractivity contribution in [1.29, 1.82) is 0 Å². The van der Waals surface area contributed by atoms with Gasteiger partial charge < -0.3 is 15.5 Å². The monoisotopic (exact) mass is 481 g/mol. The third-order valence-electron chi connectivity index (χ3n) is 5.69. The first-order valence-corrected chi connectivity index (χ1v) is 11.2. The molecule has 3 rings (SSSR count). The fraction of sp³-hybridized carbons (Fsp3) is 0.333. The average molecular weight is 482 g/mol. The molecule has 0 saturated carbocycles. The van der Waals surface area contributed by atoms with Gasteiger partial charge in [0.05, 0.1) is 12.1 Å². The normalized spacial score (nSPS) is 14.1. The molecule has 0 spiro atoms. The maximum Gasteiger partial charge on any atom is 0.417 e. The smallest absolute Gasteiger partial charge is 0.322 e. The zero-order chi connectivity index (χ0) is 25.4. The van der Waals surface area contributed by atoms with Gasteiger partial charge in [0.15, 0.2) is 0 Å². The Hall–Kier alpha value is -3.59. The van der Waals surface area contributed by atoms with Gasteiger partial charge in [0.25, 0.3) is 5.91 Å². The van der Waals surface area contributed by atoms with Crippen molar-refractivity contribution in [3.63, 3.8) is 0 Å². The molecule has 0 aliphatic carbocycles. The second kappa shape index (κ2) is 11.7. The van der Waals surface area contributed by atoms with E-state index in [9.17, 15) is 22.8 Å². The van der Waals surface area contributed by atoms with Crippen LogP contribution in [0.3, 0.4) is 0 Å². The minimum Gasteiger partial charge on any atom is -0.322 e. The van der Waals surface area contributed by atoms with Gasteiger partial charge in [0.1, 0.15) is 5.78 Å². The number of benzene rings is 2. The lowest BCUT2D eigenvalue weighted by Gasteiger charge is -2.25. The Balaban J connectivity index is 1.62. The molecule has 1 aliphatic heterocycles. The number of carbonyl (C=O) groups excluding carboxylic acids is 2. The number of rotatable bonds is 6. The number of carbonyl (C=O) groups is 2. The number of halogens is 3. The molecule has 35 heavy (non-hydrogen) atoms. The Labute approximate surface area is 203 Å². The molecule has 1 heterocycles. The fourth-order valence-electron chi connectivity index (χ4n) is 3.64. The lowest BCUT2D eigenvalue weighted by atomic mass is 10.0. The van der Waals surface area contributed by atoms with E-state index >= 15 is 0 Å². The molecule has 0 atom stereocenters. The average Bonchev–Trinajstić information content (AvgIpc) is 2.82. The molecule has 2 aromatic carbocycles. The molecular formula is C27H26F3N3O2. The summed E-state index contributed by atoms with van der Waals surface area (Å²) >= 11 is 0. The third-order valence-corrected chi connectivity index (χ3v) is 5.69. The molecule has 8 heteroatoms. The van der Waals surface area contributed by atoms with Crippen molar-refractivity contribution in [1.82, 2.24) is 10.2 Å². The summed E-state index contributed by atoms with van der Waals surface area (Å²) in [5.74, 6) is 7.49. The predicted octanol–water partition coefficient (Wildman–Crippen LogP) is 3.85. The van der Waals surface area contributed by atoms with Crippen molar-refractivity contribution in [2.75, 3.05) is 38.0 Å². The van der Waals surface area contributed by atoms with Crippen molar-refractivity contribution in [3.05, 3.63) is 64.2 Å². The van der Waals surface area contributed by atoms with Gasteiger partial charge in [-0.1, -0.05) is 23.8 Å². The van der Waals surface area contributed by atoms with E-state index in [1.165, 1.54) is 18.2 Å². The van der Waals surface area contributed by atoms with Crippen LogP contribution in [-0.2, 0) is 11.0 Å². The van der Waals surface area contributed by atoms with E-state index in [-0.39, 0.29) is 29.1 Å². The van der Waals surface area contributed by atoms with E-state index in [2.05, 4.69) is 33.3 Å². The summed E-state index contributed by atoms with van der Waals surface area (Å²) < 4.78 is 40.9. The van der Waals surface area contributed by atoms with E-state index in [4.69, 9.17) is 6.42 Å². The summed E-state index contributed by atoms with van der Waals surface area (Å²) in [6, 6.07) is 8.28. The number of likely N-dealkylation sites (tertiary alicyclic amines) is 1. The van der Waals surface area contributed by atoms with Crippen LogP contribution in [0.25, 0.3) is 0 Å². The van der Waals surface area contributed by atoms with Crippen LogP contribution in [0.5, 0.6) is 0 Å². The number of ketones is 1. The summed E-state index contributed by atoms with van der Waals surface area (Å²) in [6.45, 7) is 4.88.